The first kappa shape index (κ1) is 19.5. The van der Waals surface area contributed by atoms with Gasteiger partial charge in [-0.05, 0) is 25.6 Å². The second kappa shape index (κ2) is 9.06. The van der Waals surface area contributed by atoms with E-state index in [0.29, 0.717) is 23.7 Å². The summed E-state index contributed by atoms with van der Waals surface area (Å²) in [6.07, 6.45) is 0.456. The predicted molar refractivity (Wildman–Crippen MR) is 97.8 cm³/mol. The van der Waals surface area contributed by atoms with Crippen molar-refractivity contribution in [2.75, 3.05) is 54.1 Å². The molecule has 140 valence electrons. The minimum Gasteiger partial charge on any atom is -0.493 e. The van der Waals surface area contributed by atoms with Gasteiger partial charge >= 0.3 is 0 Å². The number of ether oxygens (including phenoxy) is 3. The highest BCUT2D eigenvalue weighted by Gasteiger charge is 2.30. The van der Waals surface area contributed by atoms with Crippen molar-refractivity contribution >= 4 is 5.78 Å². The van der Waals surface area contributed by atoms with Crippen LogP contribution in [0.5, 0.6) is 17.2 Å². The Morgan fingerprint density at radius 2 is 1.68 bits per heavy atom. The molecule has 25 heavy (non-hydrogen) atoms. The second-order valence-corrected chi connectivity index (χ2v) is 6.32. The van der Waals surface area contributed by atoms with E-state index in [1.807, 2.05) is 12.1 Å². The first-order valence-electron chi connectivity index (χ1n) is 8.80. The highest BCUT2D eigenvalue weighted by molar-refractivity contribution is 5.76. The molecule has 0 aliphatic carbocycles. The SMILES string of the molecule is CCN1CCN(C(CC(C)=O)c2ccc(OC)c(OC)c2OC)CC1. The number of likely N-dealkylation sites (N-methyl/N-ethyl adjacent to an activating group) is 1. The van der Waals surface area contributed by atoms with Gasteiger partial charge in [0.1, 0.15) is 5.78 Å². The van der Waals surface area contributed by atoms with Crippen LogP contribution in [0, 0.1) is 0 Å². The highest BCUT2D eigenvalue weighted by Crippen LogP contribution is 2.44. The standard InChI is InChI=1S/C19H30N2O4/c1-6-20-9-11-21(12-10-20)16(13-14(2)22)15-7-8-17(23-3)19(25-5)18(15)24-4/h7-8,16H,6,9-13H2,1-5H3. The Kier molecular flexibility index (Phi) is 7.08. The number of piperazine rings is 1. The van der Waals surface area contributed by atoms with E-state index >= 15 is 0 Å². The molecule has 2 rings (SSSR count). The molecule has 1 atom stereocenters. The van der Waals surface area contributed by atoms with Crippen molar-refractivity contribution in [3.63, 3.8) is 0 Å². The lowest BCUT2D eigenvalue weighted by atomic mass is 9.97. The Balaban J connectivity index is 2.39. The molecule has 1 aliphatic rings. The number of hydrogen-bond acceptors (Lipinski definition) is 6. The summed E-state index contributed by atoms with van der Waals surface area (Å²) in [4.78, 5) is 16.7. The van der Waals surface area contributed by atoms with Crippen LogP contribution < -0.4 is 14.2 Å². The molecule has 1 aromatic carbocycles. The van der Waals surface area contributed by atoms with Crippen LogP contribution in [0.4, 0.5) is 0 Å². The summed E-state index contributed by atoms with van der Waals surface area (Å²) in [6.45, 7) is 8.78. The summed E-state index contributed by atoms with van der Waals surface area (Å²) in [7, 11) is 4.83. The van der Waals surface area contributed by atoms with E-state index in [0.717, 1.165) is 38.3 Å². The van der Waals surface area contributed by atoms with Crippen LogP contribution in [0.1, 0.15) is 31.9 Å². The van der Waals surface area contributed by atoms with Gasteiger partial charge in [-0.1, -0.05) is 6.92 Å². The number of benzene rings is 1. The summed E-state index contributed by atoms with van der Waals surface area (Å²) in [5.41, 5.74) is 0.972. The van der Waals surface area contributed by atoms with Gasteiger partial charge in [0.2, 0.25) is 5.75 Å². The van der Waals surface area contributed by atoms with Crippen LogP contribution in [-0.4, -0.2) is 69.6 Å². The Morgan fingerprint density at radius 1 is 1.04 bits per heavy atom. The van der Waals surface area contributed by atoms with E-state index in [1.165, 1.54) is 0 Å². The molecule has 0 saturated carbocycles. The Hall–Kier alpha value is -1.79. The molecule has 0 spiro atoms. The third-order valence-electron chi connectivity index (χ3n) is 4.87. The normalized spacial score (nSPS) is 17.2. The minimum absolute atomic E-state index is 0.0220. The maximum Gasteiger partial charge on any atom is 0.203 e. The van der Waals surface area contributed by atoms with Gasteiger partial charge in [-0.15, -0.1) is 0 Å². The molecule has 6 heteroatoms. The Morgan fingerprint density at radius 3 is 2.16 bits per heavy atom. The third kappa shape index (κ3) is 4.44. The van der Waals surface area contributed by atoms with Crippen molar-refractivity contribution in [2.24, 2.45) is 0 Å². The van der Waals surface area contributed by atoms with Gasteiger partial charge in [0.25, 0.3) is 0 Å². The smallest absolute Gasteiger partial charge is 0.203 e. The van der Waals surface area contributed by atoms with Crippen LogP contribution in [0.2, 0.25) is 0 Å². The van der Waals surface area contributed by atoms with Gasteiger partial charge in [-0.3, -0.25) is 9.69 Å². The largest absolute Gasteiger partial charge is 0.493 e. The monoisotopic (exact) mass is 350 g/mol. The number of carbonyl (C=O) groups is 1. The molecule has 0 bridgehead atoms. The zero-order chi connectivity index (χ0) is 18.4. The van der Waals surface area contributed by atoms with Crippen LogP contribution in [-0.2, 0) is 4.79 Å². The number of methoxy groups -OCH3 is 3. The number of carbonyl (C=O) groups excluding carboxylic acids is 1. The number of ketones is 1. The third-order valence-corrected chi connectivity index (χ3v) is 4.87. The molecule has 1 fully saturated rings. The topological polar surface area (TPSA) is 51.2 Å². The van der Waals surface area contributed by atoms with E-state index in [-0.39, 0.29) is 11.8 Å². The van der Waals surface area contributed by atoms with Crippen molar-refractivity contribution < 1.29 is 19.0 Å². The first-order valence-corrected chi connectivity index (χ1v) is 8.80. The summed E-state index contributed by atoms with van der Waals surface area (Å²) in [5.74, 6) is 2.01. The van der Waals surface area contributed by atoms with Gasteiger partial charge in [-0.2, -0.15) is 0 Å². The molecular formula is C19H30N2O4. The lowest BCUT2D eigenvalue weighted by molar-refractivity contribution is -0.118. The van der Waals surface area contributed by atoms with E-state index < -0.39 is 0 Å². The molecule has 0 N–H and O–H groups in total. The molecule has 6 nitrogen and oxygen atoms in total. The second-order valence-electron chi connectivity index (χ2n) is 6.32. The zero-order valence-electron chi connectivity index (χ0n) is 16.0. The van der Waals surface area contributed by atoms with Crippen molar-refractivity contribution in [1.29, 1.82) is 0 Å². The van der Waals surface area contributed by atoms with E-state index in [9.17, 15) is 4.79 Å². The summed E-state index contributed by atoms with van der Waals surface area (Å²) in [6, 6.07) is 3.85. The van der Waals surface area contributed by atoms with Gasteiger partial charge < -0.3 is 19.1 Å². The van der Waals surface area contributed by atoms with Gasteiger partial charge in [0.15, 0.2) is 11.5 Å². The van der Waals surface area contributed by atoms with Crippen molar-refractivity contribution in [3.8, 4) is 17.2 Å². The lowest BCUT2D eigenvalue weighted by Crippen LogP contribution is -2.47. The molecule has 1 saturated heterocycles. The molecule has 0 amide bonds. The van der Waals surface area contributed by atoms with Gasteiger partial charge in [-0.25, -0.2) is 0 Å². The lowest BCUT2D eigenvalue weighted by Gasteiger charge is -2.39. The van der Waals surface area contributed by atoms with Crippen molar-refractivity contribution in [1.82, 2.24) is 9.80 Å². The van der Waals surface area contributed by atoms with E-state index in [2.05, 4.69) is 16.7 Å². The number of hydrogen-bond donors (Lipinski definition) is 0. The molecule has 0 aromatic heterocycles. The van der Waals surface area contributed by atoms with E-state index in [4.69, 9.17) is 14.2 Å². The Labute approximate surface area is 150 Å². The van der Waals surface area contributed by atoms with Crippen LogP contribution >= 0.6 is 0 Å². The average molecular weight is 350 g/mol. The van der Waals surface area contributed by atoms with Crippen LogP contribution in [0.25, 0.3) is 0 Å². The predicted octanol–water partition coefficient (Wildman–Crippen LogP) is 2.37. The Bertz CT molecular complexity index is 583. The quantitative estimate of drug-likeness (QED) is 0.717. The van der Waals surface area contributed by atoms with Crippen molar-refractivity contribution in [3.05, 3.63) is 17.7 Å². The summed E-state index contributed by atoms with van der Waals surface area (Å²) in [5, 5.41) is 0. The number of Topliss-reactive ketones (excluding diaryl/α,β-unsaturated/α-hetero) is 1. The van der Waals surface area contributed by atoms with Crippen LogP contribution in [0.3, 0.4) is 0 Å². The fraction of sp³-hybridized carbons (Fsp3) is 0.632. The van der Waals surface area contributed by atoms with Crippen molar-refractivity contribution in [2.45, 2.75) is 26.3 Å². The number of rotatable bonds is 8. The summed E-state index contributed by atoms with van der Waals surface area (Å²) < 4.78 is 16.5. The van der Waals surface area contributed by atoms with E-state index in [1.54, 1.807) is 28.3 Å². The maximum absolute atomic E-state index is 11.9. The van der Waals surface area contributed by atoms with Crippen LogP contribution in [0.15, 0.2) is 12.1 Å². The number of nitrogens with zero attached hydrogens (tertiary/aromatic N) is 2. The molecule has 1 unspecified atom stereocenters. The van der Waals surface area contributed by atoms with Gasteiger partial charge in [0.05, 0.1) is 21.3 Å². The molecular weight excluding hydrogens is 320 g/mol. The highest BCUT2D eigenvalue weighted by atomic mass is 16.5. The maximum atomic E-state index is 11.9. The average Bonchev–Trinajstić information content (AvgIpc) is 2.64. The zero-order valence-corrected chi connectivity index (χ0v) is 16.0. The van der Waals surface area contributed by atoms with Gasteiger partial charge in [0, 0.05) is 44.2 Å². The molecule has 1 aromatic rings. The molecule has 1 heterocycles. The fourth-order valence-electron chi connectivity index (χ4n) is 3.49. The first-order chi connectivity index (χ1) is 12.0. The molecule has 0 radical (unpaired) electrons. The minimum atomic E-state index is -0.0220. The fourth-order valence-corrected chi connectivity index (χ4v) is 3.49. The summed E-state index contributed by atoms with van der Waals surface area (Å²) >= 11 is 0. The molecule has 1 aliphatic heterocycles.